The van der Waals surface area contributed by atoms with Gasteiger partial charge in [-0.1, -0.05) is 12.1 Å². The number of allylic oxidation sites excluding steroid dienone is 1. The van der Waals surface area contributed by atoms with Gasteiger partial charge >= 0.3 is 0 Å². The van der Waals surface area contributed by atoms with Crippen molar-refractivity contribution >= 4 is 17.6 Å². The number of aromatic hydroxyl groups is 2. The fraction of sp³-hybridized carbons (Fsp3) is 0.167. The third-order valence-electron chi connectivity index (χ3n) is 1.88. The van der Waals surface area contributed by atoms with E-state index in [4.69, 9.17) is 5.11 Å². The van der Waals surface area contributed by atoms with E-state index in [0.717, 1.165) is 0 Å². The quantitative estimate of drug-likeness (QED) is 0.459. The van der Waals surface area contributed by atoms with E-state index >= 15 is 0 Å². The standard InChI is InChI=1S/C12H12O4/c1-8(13)6-10(14)4-2-9-3-5-11(15)12(16)7-9/h2-5,7,15-16H,6H2,1H3. The summed E-state index contributed by atoms with van der Waals surface area (Å²) in [5.41, 5.74) is 0.576. The molecule has 0 unspecified atom stereocenters. The number of Topliss-reactive ketones (excluding diaryl/α,β-unsaturated/α-hetero) is 1. The van der Waals surface area contributed by atoms with E-state index < -0.39 is 0 Å². The molecule has 84 valence electrons. The Bertz CT molecular complexity index is 446. The zero-order valence-corrected chi connectivity index (χ0v) is 8.80. The number of phenolic OH excluding ortho intramolecular Hbond substituents is 2. The highest BCUT2D eigenvalue weighted by atomic mass is 16.3. The van der Waals surface area contributed by atoms with Crippen molar-refractivity contribution in [2.75, 3.05) is 0 Å². The first-order chi connectivity index (χ1) is 7.49. The SMILES string of the molecule is CC(=O)CC(=O)C=Cc1ccc(O)c(O)c1. The average Bonchev–Trinajstić information content (AvgIpc) is 2.19. The van der Waals surface area contributed by atoms with Gasteiger partial charge in [0.25, 0.3) is 0 Å². The van der Waals surface area contributed by atoms with Crippen LogP contribution in [0.15, 0.2) is 24.3 Å². The monoisotopic (exact) mass is 220 g/mol. The van der Waals surface area contributed by atoms with Crippen LogP contribution in [0.3, 0.4) is 0 Å². The summed E-state index contributed by atoms with van der Waals surface area (Å²) >= 11 is 0. The maximum absolute atomic E-state index is 11.2. The van der Waals surface area contributed by atoms with Crippen LogP contribution in [0.2, 0.25) is 0 Å². The highest BCUT2D eigenvalue weighted by molar-refractivity contribution is 6.05. The lowest BCUT2D eigenvalue weighted by atomic mass is 10.1. The predicted molar refractivity (Wildman–Crippen MR) is 59.1 cm³/mol. The number of benzene rings is 1. The summed E-state index contributed by atoms with van der Waals surface area (Å²) in [6.07, 6.45) is 2.62. The molecule has 0 radical (unpaired) electrons. The minimum atomic E-state index is -0.292. The van der Waals surface area contributed by atoms with Gasteiger partial charge in [0.15, 0.2) is 17.3 Å². The molecule has 0 aliphatic heterocycles. The van der Waals surface area contributed by atoms with E-state index in [1.165, 1.54) is 31.2 Å². The Morgan fingerprint density at radius 1 is 1.25 bits per heavy atom. The average molecular weight is 220 g/mol. The second kappa shape index (κ2) is 5.11. The first-order valence-corrected chi connectivity index (χ1v) is 4.71. The maximum Gasteiger partial charge on any atom is 0.163 e. The highest BCUT2D eigenvalue weighted by Gasteiger charge is 2.01. The van der Waals surface area contributed by atoms with E-state index in [1.807, 2.05) is 0 Å². The lowest BCUT2D eigenvalue weighted by molar-refractivity contribution is -0.123. The zero-order chi connectivity index (χ0) is 12.1. The first kappa shape index (κ1) is 12.0. The van der Waals surface area contributed by atoms with Gasteiger partial charge in [-0.25, -0.2) is 0 Å². The van der Waals surface area contributed by atoms with Gasteiger partial charge in [0.2, 0.25) is 0 Å². The van der Waals surface area contributed by atoms with Crippen LogP contribution in [-0.4, -0.2) is 21.8 Å². The molecule has 0 saturated heterocycles. The smallest absolute Gasteiger partial charge is 0.163 e. The van der Waals surface area contributed by atoms with Gasteiger partial charge in [0, 0.05) is 0 Å². The molecule has 1 rings (SSSR count). The van der Waals surface area contributed by atoms with Gasteiger partial charge < -0.3 is 10.2 Å². The molecule has 0 aliphatic rings. The molecule has 0 amide bonds. The van der Waals surface area contributed by atoms with Crippen molar-refractivity contribution in [1.82, 2.24) is 0 Å². The minimum Gasteiger partial charge on any atom is -0.504 e. The van der Waals surface area contributed by atoms with Crippen LogP contribution < -0.4 is 0 Å². The molecule has 0 atom stereocenters. The molecule has 0 spiro atoms. The Labute approximate surface area is 92.8 Å². The van der Waals surface area contributed by atoms with Crippen molar-refractivity contribution < 1.29 is 19.8 Å². The summed E-state index contributed by atoms with van der Waals surface area (Å²) in [6, 6.07) is 4.20. The fourth-order valence-electron chi connectivity index (χ4n) is 1.14. The van der Waals surface area contributed by atoms with E-state index in [9.17, 15) is 14.7 Å². The van der Waals surface area contributed by atoms with Gasteiger partial charge in [-0.05, 0) is 30.7 Å². The first-order valence-electron chi connectivity index (χ1n) is 4.71. The number of hydrogen-bond donors (Lipinski definition) is 2. The molecule has 4 heteroatoms. The third-order valence-corrected chi connectivity index (χ3v) is 1.88. The van der Waals surface area contributed by atoms with Crippen molar-refractivity contribution in [3.8, 4) is 11.5 Å². The number of rotatable bonds is 4. The van der Waals surface area contributed by atoms with Crippen molar-refractivity contribution in [2.45, 2.75) is 13.3 Å². The lowest BCUT2D eigenvalue weighted by Gasteiger charge is -1.98. The summed E-state index contributed by atoms with van der Waals surface area (Å²) in [5, 5.41) is 18.2. The number of ketones is 2. The van der Waals surface area contributed by atoms with Crippen molar-refractivity contribution in [1.29, 1.82) is 0 Å². The van der Waals surface area contributed by atoms with E-state index in [0.29, 0.717) is 5.56 Å². The molecule has 0 heterocycles. The van der Waals surface area contributed by atoms with Gasteiger partial charge in [0.05, 0.1) is 6.42 Å². The third kappa shape index (κ3) is 3.57. The molecular formula is C12H12O4. The lowest BCUT2D eigenvalue weighted by Crippen LogP contribution is -1.99. The summed E-state index contributed by atoms with van der Waals surface area (Å²) in [5.74, 6) is -0.948. The summed E-state index contributed by atoms with van der Waals surface area (Å²) in [4.78, 5) is 21.8. The highest BCUT2D eigenvalue weighted by Crippen LogP contribution is 2.25. The van der Waals surface area contributed by atoms with Crippen LogP contribution in [0.25, 0.3) is 6.08 Å². The van der Waals surface area contributed by atoms with Gasteiger partial charge in [0.1, 0.15) is 5.78 Å². The summed E-state index contributed by atoms with van der Waals surface area (Å²) in [6.45, 7) is 1.35. The molecule has 1 aromatic carbocycles. The Hall–Kier alpha value is -2.10. The predicted octanol–water partition coefficient (Wildman–Crippen LogP) is 1.66. The Morgan fingerprint density at radius 3 is 2.50 bits per heavy atom. The number of hydrogen-bond acceptors (Lipinski definition) is 4. The largest absolute Gasteiger partial charge is 0.504 e. The molecule has 0 aliphatic carbocycles. The fourth-order valence-corrected chi connectivity index (χ4v) is 1.14. The molecule has 16 heavy (non-hydrogen) atoms. The topological polar surface area (TPSA) is 74.6 Å². The van der Waals surface area contributed by atoms with Crippen molar-refractivity contribution in [3.63, 3.8) is 0 Å². The molecule has 1 aromatic rings. The van der Waals surface area contributed by atoms with Crippen LogP contribution >= 0.6 is 0 Å². The molecule has 0 bridgehead atoms. The van der Waals surface area contributed by atoms with Crippen LogP contribution in [0, 0.1) is 0 Å². The molecule has 2 N–H and O–H groups in total. The Balaban J connectivity index is 2.73. The minimum absolute atomic E-state index is 0.124. The van der Waals surface area contributed by atoms with Crippen LogP contribution in [0.4, 0.5) is 0 Å². The van der Waals surface area contributed by atoms with Crippen LogP contribution in [0.1, 0.15) is 18.9 Å². The van der Waals surface area contributed by atoms with E-state index in [-0.39, 0.29) is 29.5 Å². The second-order valence-corrected chi connectivity index (χ2v) is 3.43. The molecule has 0 fully saturated rings. The number of carbonyl (C=O) groups is 2. The van der Waals surface area contributed by atoms with Gasteiger partial charge in [-0.15, -0.1) is 0 Å². The van der Waals surface area contributed by atoms with Crippen LogP contribution in [0.5, 0.6) is 11.5 Å². The summed E-state index contributed by atoms with van der Waals surface area (Å²) < 4.78 is 0. The Kier molecular flexibility index (Phi) is 3.83. The Morgan fingerprint density at radius 2 is 1.94 bits per heavy atom. The number of carbonyl (C=O) groups excluding carboxylic acids is 2. The van der Waals surface area contributed by atoms with Crippen LogP contribution in [-0.2, 0) is 9.59 Å². The van der Waals surface area contributed by atoms with E-state index in [2.05, 4.69) is 0 Å². The summed E-state index contributed by atoms with van der Waals surface area (Å²) in [7, 11) is 0. The maximum atomic E-state index is 11.2. The zero-order valence-electron chi connectivity index (χ0n) is 8.80. The molecule has 0 saturated carbocycles. The van der Waals surface area contributed by atoms with Gasteiger partial charge in [-0.2, -0.15) is 0 Å². The second-order valence-electron chi connectivity index (χ2n) is 3.43. The van der Waals surface area contributed by atoms with E-state index in [1.54, 1.807) is 6.07 Å². The van der Waals surface area contributed by atoms with Crippen molar-refractivity contribution in [3.05, 3.63) is 29.8 Å². The molecule has 4 nitrogen and oxygen atoms in total. The van der Waals surface area contributed by atoms with Gasteiger partial charge in [-0.3, -0.25) is 9.59 Å². The normalized spacial score (nSPS) is 10.6. The molecule has 0 aromatic heterocycles. The van der Waals surface area contributed by atoms with Crippen molar-refractivity contribution in [2.24, 2.45) is 0 Å². The molecular weight excluding hydrogens is 208 g/mol. The number of phenols is 2.